The normalized spacial score (nSPS) is 23.1. The van der Waals surface area contributed by atoms with E-state index in [1.807, 2.05) is 30.9 Å². The second-order valence-electron chi connectivity index (χ2n) is 5.07. The largest absolute Gasteiger partial charge is 0.396 e. The molecule has 0 saturated carbocycles. The first-order valence-corrected chi connectivity index (χ1v) is 5.86. The van der Waals surface area contributed by atoms with E-state index >= 15 is 0 Å². The molecule has 2 rings (SSSR count). The Labute approximate surface area is 101 Å². The second kappa shape index (κ2) is 4.45. The number of carbonyl (C=O) groups is 1. The molecule has 2 heterocycles. The molecule has 1 aliphatic rings. The number of pyridine rings is 1. The Balaban J connectivity index is 2.18. The Bertz CT molecular complexity index is 403. The summed E-state index contributed by atoms with van der Waals surface area (Å²) in [4.78, 5) is 17.8. The van der Waals surface area contributed by atoms with Gasteiger partial charge in [-0.25, -0.2) is 0 Å². The molecule has 0 spiro atoms. The molecule has 1 aromatic heterocycles. The first-order valence-electron chi connectivity index (χ1n) is 5.86. The average Bonchev–Trinajstić information content (AvgIpc) is 2.53. The molecule has 1 atom stereocenters. The van der Waals surface area contributed by atoms with Crippen LogP contribution in [0, 0.1) is 5.92 Å². The third-order valence-electron chi connectivity index (χ3n) is 3.73. The Kier molecular flexibility index (Phi) is 3.15. The van der Waals surface area contributed by atoms with Crippen LogP contribution in [-0.2, 0) is 11.3 Å². The fourth-order valence-electron chi connectivity index (χ4n) is 2.36. The molecule has 92 valence electrons. The van der Waals surface area contributed by atoms with Gasteiger partial charge < -0.3 is 10.0 Å². The zero-order chi connectivity index (χ0) is 12.5. The molecule has 1 saturated heterocycles. The van der Waals surface area contributed by atoms with E-state index in [4.69, 9.17) is 0 Å². The zero-order valence-electron chi connectivity index (χ0n) is 10.3. The van der Waals surface area contributed by atoms with Crippen molar-refractivity contribution in [3.05, 3.63) is 30.1 Å². The standard InChI is InChI=1S/C13H18N2O2/c1-13(2)11(9-16)7-12(17)15(13)8-10-3-5-14-6-4-10/h3-6,11,16H,7-9H2,1-2H3. The molecule has 0 aliphatic carbocycles. The number of hydrogen-bond acceptors (Lipinski definition) is 3. The number of nitrogens with zero attached hydrogens (tertiary/aromatic N) is 2. The Morgan fingerprint density at radius 3 is 2.65 bits per heavy atom. The minimum atomic E-state index is -0.283. The number of amides is 1. The van der Waals surface area contributed by atoms with E-state index in [1.165, 1.54) is 0 Å². The molecule has 17 heavy (non-hydrogen) atoms. The summed E-state index contributed by atoms with van der Waals surface area (Å²) in [7, 11) is 0. The highest BCUT2D eigenvalue weighted by atomic mass is 16.3. The van der Waals surface area contributed by atoms with Crippen molar-refractivity contribution in [1.29, 1.82) is 0 Å². The van der Waals surface area contributed by atoms with E-state index in [2.05, 4.69) is 4.98 Å². The topological polar surface area (TPSA) is 53.4 Å². The first kappa shape index (κ1) is 12.0. The van der Waals surface area contributed by atoms with Crippen molar-refractivity contribution >= 4 is 5.91 Å². The van der Waals surface area contributed by atoms with Gasteiger partial charge in [-0.2, -0.15) is 0 Å². The summed E-state index contributed by atoms with van der Waals surface area (Å²) in [5.74, 6) is 0.141. The van der Waals surface area contributed by atoms with Crippen molar-refractivity contribution in [3.8, 4) is 0 Å². The molecule has 1 amide bonds. The van der Waals surface area contributed by atoms with Gasteiger partial charge in [-0.1, -0.05) is 0 Å². The lowest BCUT2D eigenvalue weighted by atomic mass is 9.89. The number of aliphatic hydroxyl groups excluding tert-OH is 1. The van der Waals surface area contributed by atoms with Gasteiger partial charge in [0, 0.05) is 43.4 Å². The lowest BCUT2D eigenvalue weighted by molar-refractivity contribution is -0.131. The number of carbonyl (C=O) groups excluding carboxylic acids is 1. The minimum absolute atomic E-state index is 0.0248. The predicted molar refractivity (Wildman–Crippen MR) is 64.1 cm³/mol. The average molecular weight is 234 g/mol. The Hall–Kier alpha value is -1.42. The van der Waals surface area contributed by atoms with Crippen LogP contribution in [0.5, 0.6) is 0 Å². The maximum absolute atomic E-state index is 12.0. The van der Waals surface area contributed by atoms with Crippen LogP contribution in [0.2, 0.25) is 0 Å². The Morgan fingerprint density at radius 2 is 2.12 bits per heavy atom. The van der Waals surface area contributed by atoms with Crippen molar-refractivity contribution < 1.29 is 9.90 Å². The van der Waals surface area contributed by atoms with Crippen LogP contribution in [0.4, 0.5) is 0 Å². The van der Waals surface area contributed by atoms with Gasteiger partial charge in [0.15, 0.2) is 0 Å². The van der Waals surface area contributed by atoms with Gasteiger partial charge in [0.2, 0.25) is 5.91 Å². The van der Waals surface area contributed by atoms with Crippen LogP contribution in [0.15, 0.2) is 24.5 Å². The van der Waals surface area contributed by atoms with Crippen molar-refractivity contribution in [2.24, 2.45) is 5.92 Å². The number of rotatable bonds is 3. The fraction of sp³-hybridized carbons (Fsp3) is 0.538. The lowest BCUT2D eigenvalue weighted by Crippen LogP contribution is -2.44. The number of likely N-dealkylation sites (tertiary alicyclic amines) is 1. The molecular formula is C13H18N2O2. The SMILES string of the molecule is CC1(C)C(CO)CC(=O)N1Cc1ccncc1. The smallest absolute Gasteiger partial charge is 0.223 e. The van der Waals surface area contributed by atoms with Crippen molar-refractivity contribution in [2.45, 2.75) is 32.4 Å². The summed E-state index contributed by atoms with van der Waals surface area (Å²) < 4.78 is 0. The zero-order valence-corrected chi connectivity index (χ0v) is 10.3. The van der Waals surface area contributed by atoms with Gasteiger partial charge >= 0.3 is 0 Å². The van der Waals surface area contributed by atoms with E-state index in [9.17, 15) is 9.90 Å². The fourth-order valence-corrected chi connectivity index (χ4v) is 2.36. The number of aromatic nitrogens is 1. The van der Waals surface area contributed by atoms with Gasteiger partial charge in [-0.05, 0) is 31.5 Å². The van der Waals surface area contributed by atoms with Crippen molar-refractivity contribution in [3.63, 3.8) is 0 Å². The van der Waals surface area contributed by atoms with Crippen LogP contribution >= 0.6 is 0 Å². The monoisotopic (exact) mass is 234 g/mol. The van der Waals surface area contributed by atoms with E-state index < -0.39 is 0 Å². The molecule has 1 unspecified atom stereocenters. The highest BCUT2D eigenvalue weighted by Gasteiger charge is 2.45. The highest BCUT2D eigenvalue weighted by Crippen LogP contribution is 2.36. The molecule has 1 aliphatic heterocycles. The third kappa shape index (κ3) is 2.17. The summed E-state index contributed by atoms with van der Waals surface area (Å²) in [6.45, 7) is 4.68. The van der Waals surface area contributed by atoms with Crippen LogP contribution in [0.1, 0.15) is 25.8 Å². The third-order valence-corrected chi connectivity index (χ3v) is 3.73. The van der Waals surface area contributed by atoms with Crippen LogP contribution < -0.4 is 0 Å². The highest BCUT2D eigenvalue weighted by molar-refractivity contribution is 5.80. The summed E-state index contributed by atoms with van der Waals surface area (Å²) in [5.41, 5.74) is 0.787. The van der Waals surface area contributed by atoms with Crippen LogP contribution in [-0.4, -0.2) is 33.0 Å². The van der Waals surface area contributed by atoms with Crippen molar-refractivity contribution in [1.82, 2.24) is 9.88 Å². The van der Waals surface area contributed by atoms with Crippen LogP contribution in [0.3, 0.4) is 0 Å². The van der Waals surface area contributed by atoms with Gasteiger partial charge in [-0.3, -0.25) is 9.78 Å². The maximum Gasteiger partial charge on any atom is 0.223 e. The first-order chi connectivity index (χ1) is 8.05. The summed E-state index contributed by atoms with van der Waals surface area (Å²) in [5, 5.41) is 9.31. The molecule has 0 aromatic carbocycles. The molecule has 1 N–H and O–H groups in total. The van der Waals surface area contributed by atoms with Gasteiger partial charge in [0.1, 0.15) is 0 Å². The van der Waals surface area contributed by atoms with Crippen LogP contribution in [0.25, 0.3) is 0 Å². The number of aliphatic hydroxyl groups is 1. The summed E-state index contributed by atoms with van der Waals surface area (Å²) >= 11 is 0. The lowest BCUT2D eigenvalue weighted by Gasteiger charge is -2.35. The quantitative estimate of drug-likeness (QED) is 0.855. The van der Waals surface area contributed by atoms with Crippen molar-refractivity contribution in [2.75, 3.05) is 6.61 Å². The minimum Gasteiger partial charge on any atom is -0.396 e. The van der Waals surface area contributed by atoms with E-state index in [-0.39, 0.29) is 24.0 Å². The second-order valence-corrected chi connectivity index (χ2v) is 5.07. The maximum atomic E-state index is 12.0. The van der Waals surface area contributed by atoms with Gasteiger partial charge in [0.05, 0.1) is 0 Å². The molecule has 0 bridgehead atoms. The molecular weight excluding hydrogens is 216 g/mol. The summed E-state index contributed by atoms with van der Waals surface area (Å²) in [6, 6.07) is 3.82. The van der Waals surface area contributed by atoms with E-state index in [1.54, 1.807) is 12.4 Å². The van der Waals surface area contributed by atoms with E-state index in [0.29, 0.717) is 13.0 Å². The van der Waals surface area contributed by atoms with Gasteiger partial charge in [-0.15, -0.1) is 0 Å². The summed E-state index contributed by atoms with van der Waals surface area (Å²) in [6.07, 6.45) is 3.90. The number of hydrogen-bond donors (Lipinski definition) is 1. The molecule has 4 nitrogen and oxygen atoms in total. The van der Waals surface area contributed by atoms with E-state index in [0.717, 1.165) is 5.56 Å². The predicted octanol–water partition coefficient (Wildman–Crippen LogP) is 1.20. The molecule has 1 fully saturated rings. The molecule has 0 radical (unpaired) electrons. The Morgan fingerprint density at radius 1 is 1.47 bits per heavy atom. The van der Waals surface area contributed by atoms with Gasteiger partial charge in [0.25, 0.3) is 0 Å². The molecule has 4 heteroatoms. The molecule has 1 aromatic rings.